The van der Waals surface area contributed by atoms with Crippen LogP contribution >= 0.6 is 15.9 Å². The SMILES string of the molecule is O=C1N(Cc2ccc(F)c(Br)n2)c2cccc(C(O)C(F)F)c2C1(F)F. The van der Waals surface area contributed by atoms with Crippen LogP contribution in [0.25, 0.3) is 0 Å². The molecule has 1 unspecified atom stereocenters. The number of aromatic nitrogens is 1. The zero-order valence-corrected chi connectivity index (χ0v) is 14.4. The molecule has 1 amide bonds. The largest absolute Gasteiger partial charge is 0.382 e. The summed E-state index contributed by atoms with van der Waals surface area (Å²) in [6.45, 7) is -0.422. The zero-order chi connectivity index (χ0) is 19.2. The van der Waals surface area contributed by atoms with Gasteiger partial charge >= 0.3 is 11.8 Å². The summed E-state index contributed by atoms with van der Waals surface area (Å²) >= 11 is 2.86. The fraction of sp³-hybridized carbons (Fsp3) is 0.250. The summed E-state index contributed by atoms with van der Waals surface area (Å²) < 4.78 is 67.7. The van der Waals surface area contributed by atoms with Gasteiger partial charge in [0.05, 0.1) is 23.5 Å². The zero-order valence-electron chi connectivity index (χ0n) is 12.8. The van der Waals surface area contributed by atoms with Gasteiger partial charge in [0.2, 0.25) is 0 Å². The maximum Gasteiger partial charge on any atom is 0.352 e. The molecule has 0 aliphatic carbocycles. The third kappa shape index (κ3) is 2.96. The average Bonchev–Trinajstić information content (AvgIpc) is 2.78. The van der Waals surface area contributed by atoms with E-state index in [1.54, 1.807) is 0 Å². The first-order valence-corrected chi connectivity index (χ1v) is 8.04. The van der Waals surface area contributed by atoms with Gasteiger partial charge in [-0.15, -0.1) is 0 Å². The highest BCUT2D eigenvalue weighted by Crippen LogP contribution is 2.48. The van der Waals surface area contributed by atoms with Crippen molar-refractivity contribution in [3.8, 4) is 0 Å². The number of hydrogen-bond donors (Lipinski definition) is 1. The Morgan fingerprint density at radius 3 is 2.54 bits per heavy atom. The minimum absolute atomic E-state index is 0.107. The van der Waals surface area contributed by atoms with Crippen LogP contribution in [0.2, 0.25) is 0 Å². The van der Waals surface area contributed by atoms with Crippen molar-refractivity contribution in [2.45, 2.75) is 25.0 Å². The topological polar surface area (TPSA) is 53.4 Å². The summed E-state index contributed by atoms with van der Waals surface area (Å²) in [4.78, 5) is 16.7. The number of rotatable bonds is 4. The van der Waals surface area contributed by atoms with Crippen LogP contribution in [-0.2, 0) is 17.3 Å². The van der Waals surface area contributed by atoms with Crippen LogP contribution in [-0.4, -0.2) is 22.4 Å². The van der Waals surface area contributed by atoms with E-state index in [1.165, 1.54) is 12.1 Å². The van der Waals surface area contributed by atoms with Crippen molar-refractivity contribution in [3.63, 3.8) is 0 Å². The second-order valence-electron chi connectivity index (χ2n) is 5.56. The molecule has 3 rings (SSSR count). The number of pyridine rings is 1. The van der Waals surface area contributed by atoms with E-state index < -0.39 is 47.8 Å². The number of anilines is 1. The van der Waals surface area contributed by atoms with Gasteiger partial charge in [-0.2, -0.15) is 8.78 Å². The second-order valence-corrected chi connectivity index (χ2v) is 6.31. The van der Waals surface area contributed by atoms with Gasteiger partial charge in [0.1, 0.15) is 10.7 Å². The fourth-order valence-electron chi connectivity index (χ4n) is 2.75. The number of alkyl halides is 4. The van der Waals surface area contributed by atoms with Crippen molar-refractivity contribution in [3.05, 3.63) is 57.6 Å². The van der Waals surface area contributed by atoms with Crippen LogP contribution in [0.4, 0.5) is 27.6 Å². The Morgan fingerprint density at radius 2 is 1.92 bits per heavy atom. The Balaban J connectivity index is 2.07. The highest BCUT2D eigenvalue weighted by Gasteiger charge is 2.55. The first kappa shape index (κ1) is 18.7. The molecule has 0 bridgehead atoms. The van der Waals surface area contributed by atoms with Gasteiger partial charge in [-0.3, -0.25) is 4.79 Å². The van der Waals surface area contributed by atoms with Gasteiger partial charge < -0.3 is 10.0 Å². The van der Waals surface area contributed by atoms with E-state index in [-0.39, 0.29) is 16.0 Å². The lowest BCUT2D eigenvalue weighted by molar-refractivity contribution is -0.142. The lowest BCUT2D eigenvalue weighted by Crippen LogP contribution is -2.34. The van der Waals surface area contributed by atoms with E-state index in [4.69, 9.17) is 0 Å². The standard InChI is InChI=1S/C16H10BrF5N2O2/c17-13-9(18)5-4-7(23-13)6-24-10-3-1-2-8(12(25)14(19)20)11(10)16(21,22)15(24)26/h1-5,12,14,25H,6H2. The molecule has 0 saturated carbocycles. The van der Waals surface area contributed by atoms with Gasteiger partial charge in [0.15, 0.2) is 5.82 Å². The molecule has 2 aromatic rings. The van der Waals surface area contributed by atoms with E-state index in [2.05, 4.69) is 20.9 Å². The van der Waals surface area contributed by atoms with Crippen LogP contribution in [0, 0.1) is 5.82 Å². The molecule has 1 aromatic carbocycles. The summed E-state index contributed by atoms with van der Waals surface area (Å²) in [7, 11) is 0. The Hall–Kier alpha value is -2.07. The number of nitrogens with zero attached hydrogens (tertiary/aromatic N) is 2. The highest BCUT2D eigenvalue weighted by atomic mass is 79.9. The van der Waals surface area contributed by atoms with Crippen molar-refractivity contribution in [1.82, 2.24) is 4.98 Å². The van der Waals surface area contributed by atoms with Gasteiger partial charge in [-0.1, -0.05) is 12.1 Å². The van der Waals surface area contributed by atoms with E-state index >= 15 is 0 Å². The van der Waals surface area contributed by atoms with Crippen molar-refractivity contribution >= 4 is 27.5 Å². The van der Waals surface area contributed by atoms with Gasteiger partial charge in [-0.05, 0) is 39.7 Å². The lowest BCUT2D eigenvalue weighted by Gasteiger charge is -2.18. The van der Waals surface area contributed by atoms with Crippen LogP contribution in [0.15, 0.2) is 34.9 Å². The first-order valence-electron chi connectivity index (χ1n) is 7.25. The predicted octanol–water partition coefficient (Wildman–Crippen LogP) is 3.92. The molecule has 0 fully saturated rings. The van der Waals surface area contributed by atoms with Crippen molar-refractivity contribution in [2.75, 3.05) is 4.90 Å². The minimum atomic E-state index is -4.08. The molecule has 10 heteroatoms. The number of hydrogen-bond acceptors (Lipinski definition) is 3. The number of benzene rings is 1. The summed E-state index contributed by atoms with van der Waals surface area (Å²) in [5.74, 6) is -6.39. The molecule has 4 nitrogen and oxygen atoms in total. The molecular weight excluding hydrogens is 427 g/mol. The van der Waals surface area contributed by atoms with E-state index in [0.717, 1.165) is 18.2 Å². The summed E-state index contributed by atoms with van der Waals surface area (Å²) in [5.41, 5.74) is -1.87. The summed E-state index contributed by atoms with van der Waals surface area (Å²) in [5, 5.41) is 9.55. The second kappa shape index (κ2) is 6.58. The minimum Gasteiger partial charge on any atom is -0.382 e. The van der Waals surface area contributed by atoms with Crippen LogP contribution in [0.5, 0.6) is 0 Å². The molecule has 0 radical (unpaired) electrons. The number of carbonyl (C=O) groups excluding carboxylic acids is 1. The third-order valence-corrected chi connectivity index (χ3v) is 4.49. The molecule has 26 heavy (non-hydrogen) atoms. The molecular formula is C16H10BrF5N2O2. The summed E-state index contributed by atoms with van der Waals surface area (Å²) in [6.07, 6.45) is -5.75. The average molecular weight is 437 g/mol. The fourth-order valence-corrected chi connectivity index (χ4v) is 3.11. The molecule has 1 atom stereocenters. The number of carbonyl (C=O) groups is 1. The number of aliphatic hydroxyl groups excluding tert-OH is 1. The van der Waals surface area contributed by atoms with Gasteiger partial charge in [0.25, 0.3) is 6.43 Å². The van der Waals surface area contributed by atoms with E-state index in [0.29, 0.717) is 4.90 Å². The van der Waals surface area contributed by atoms with Crippen LogP contribution < -0.4 is 4.90 Å². The monoisotopic (exact) mass is 436 g/mol. The third-order valence-electron chi connectivity index (χ3n) is 3.93. The number of aliphatic hydroxyl groups is 1. The molecule has 1 N–H and O–H groups in total. The maximum absolute atomic E-state index is 14.5. The van der Waals surface area contributed by atoms with E-state index in [1.807, 2.05) is 0 Å². The van der Waals surface area contributed by atoms with Crippen molar-refractivity contribution in [2.24, 2.45) is 0 Å². The molecule has 0 spiro atoms. The normalized spacial score (nSPS) is 16.9. The van der Waals surface area contributed by atoms with Gasteiger partial charge in [-0.25, -0.2) is 18.2 Å². The maximum atomic E-state index is 14.5. The Kier molecular flexibility index (Phi) is 4.74. The van der Waals surface area contributed by atoms with E-state index in [9.17, 15) is 31.9 Å². The van der Waals surface area contributed by atoms with Crippen molar-refractivity contribution < 1.29 is 31.9 Å². The molecule has 1 aromatic heterocycles. The molecule has 0 saturated heterocycles. The molecule has 1 aliphatic rings. The quantitative estimate of drug-likeness (QED) is 0.583. The Morgan fingerprint density at radius 1 is 1.23 bits per heavy atom. The summed E-state index contributed by atoms with van der Waals surface area (Å²) in [6, 6.07) is 5.53. The van der Waals surface area contributed by atoms with Crippen LogP contribution in [0.1, 0.15) is 22.9 Å². The molecule has 138 valence electrons. The predicted molar refractivity (Wildman–Crippen MR) is 84.4 cm³/mol. The number of fused-ring (bicyclic) bond motifs is 1. The molecule has 1 aliphatic heterocycles. The number of halogens is 6. The highest BCUT2D eigenvalue weighted by molar-refractivity contribution is 9.10. The van der Waals surface area contributed by atoms with Crippen LogP contribution in [0.3, 0.4) is 0 Å². The Labute approximate surface area is 152 Å². The lowest BCUT2D eigenvalue weighted by atomic mass is 9.98. The number of amides is 1. The Bertz CT molecular complexity index is 878. The first-order chi connectivity index (χ1) is 12.1. The van der Waals surface area contributed by atoms with Crippen molar-refractivity contribution in [1.29, 1.82) is 0 Å². The molecule has 2 heterocycles. The van der Waals surface area contributed by atoms with Gasteiger partial charge in [0, 0.05) is 0 Å². The smallest absolute Gasteiger partial charge is 0.352 e.